The zero-order chi connectivity index (χ0) is 17.6. The molecule has 1 amide bonds. The number of carboxylic acid groups (broad SMARTS) is 1. The molecule has 1 fully saturated rings. The van der Waals surface area contributed by atoms with E-state index in [1.165, 1.54) is 4.90 Å². The summed E-state index contributed by atoms with van der Waals surface area (Å²) in [5, 5.41) is 9.64. The van der Waals surface area contributed by atoms with Crippen molar-refractivity contribution in [2.24, 2.45) is 5.92 Å². The minimum Gasteiger partial charge on any atom is -0.481 e. The molecule has 6 nitrogen and oxygen atoms in total. The van der Waals surface area contributed by atoms with Crippen molar-refractivity contribution in [2.45, 2.75) is 6.42 Å². The molecule has 2 heterocycles. The van der Waals surface area contributed by atoms with E-state index in [-0.39, 0.29) is 18.9 Å². The van der Waals surface area contributed by atoms with E-state index in [1.54, 1.807) is 24.3 Å². The van der Waals surface area contributed by atoms with Crippen molar-refractivity contribution in [3.8, 4) is 11.5 Å². The zero-order valence-electron chi connectivity index (χ0n) is 13.0. The Morgan fingerprint density at radius 1 is 1.28 bits per heavy atom. The highest BCUT2D eigenvalue weighted by Gasteiger charge is 2.35. The third-order valence-electron chi connectivity index (χ3n) is 4.26. The number of fused-ring (bicyclic) bond motifs is 1. The molecule has 1 atom stereocenters. The first-order valence-corrected chi connectivity index (χ1v) is 8.09. The Hall–Kier alpha value is -2.86. The minimum atomic E-state index is -0.959. The monoisotopic (exact) mass is 356 g/mol. The maximum absolute atomic E-state index is 12.1. The van der Waals surface area contributed by atoms with E-state index >= 15 is 0 Å². The van der Waals surface area contributed by atoms with Crippen LogP contribution in [0.1, 0.15) is 6.42 Å². The molecule has 1 aromatic heterocycles. The number of oxazole rings is 1. The Morgan fingerprint density at radius 3 is 2.80 bits per heavy atom. The molecule has 3 aromatic rings. The molecule has 126 valence electrons. The Morgan fingerprint density at radius 2 is 2.08 bits per heavy atom. The van der Waals surface area contributed by atoms with Gasteiger partial charge >= 0.3 is 5.97 Å². The van der Waals surface area contributed by atoms with Gasteiger partial charge in [-0.1, -0.05) is 23.7 Å². The van der Waals surface area contributed by atoms with Crippen LogP contribution < -0.4 is 4.90 Å². The number of amides is 1. The van der Waals surface area contributed by atoms with E-state index in [1.807, 2.05) is 18.2 Å². The number of aliphatic carboxylic acids is 1. The van der Waals surface area contributed by atoms with Gasteiger partial charge < -0.3 is 14.4 Å². The van der Waals surface area contributed by atoms with Crippen molar-refractivity contribution in [1.29, 1.82) is 0 Å². The standard InChI is InChI=1S/C18H13ClN2O4/c19-13-4-2-1-3-12(13)17-20-14-8-11(5-6-15(14)25-17)21-9-10(18(23)24)7-16(21)22/h1-6,8,10H,7,9H2,(H,23,24)/t10-/m1/s1. The van der Waals surface area contributed by atoms with E-state index < -0.39 is 11.9 Å². The van der Waals surface area contributed by atoms with Crippen LogP contribution in [-0.2, 0) is 9.59 Å². The highest BCUT2D eigenvalue weighted by atomic mass is 35.5. The van der Waals surface area contributed by atoms with Gasteiger partial charge in [0.2, 0.25) is 11.8 Å². The molecule has 0 radical (unpaired) electrons. The summed E-state index contributed by atoms with van der Waals surface area (Å²) in [6, 6.07) is 12.4. The SMILES string of the molecule is O=C(O)[C@@H]1CC(=O)N(c2ccc3oc(-c4ccccc4Cl)nc3c2)C1. The molecule has 0 saturated carbocycles. The molecule has 1 aliphatic heterocycles. The van der Waals surface area contributed by atoms with Crippen LogP contribution >= 0.6 is 11.6 Å². The second kappa shape index (κ2) is 5.89. The summed E-state index contributed by atoms with van der Waals surface area (Å²) in [6.07, 6.45) is 0.0110. The number of aromatic nitrogens is 1. The molecule has 1 N–H and O–H groups in total. The van der Waals surface area contributed by atoms with Crippen LogP contribution in [0.5, 0.6) is 0 Å². The van der Waals surface area contributed by atoms with Crippen molar-refractivity contribution < 1.29 is 19.1 Å². The Balaban J connectivity index is 1.71. The minimum absolute atomic E-state index is 0.0110. The lowest BCUT2D eigenvalue weighted by Gasteiger charge is -2.15. The normalized spacial score (nSPS) is 17.4. The van der Waals surface area contributed by atoms with Gasteiger partial charge in [0.15, 0.2) is 5.58 Å². The maximum Gasteiger partial charge on any atom is 0.308 e. The smallest absolute Gasteiger partial charge is 0.308 e. The number of carboxylic acids is 1. The molecule has 1 saturated heterocycles. The van der Waals surface area contributed by atoms with Crippen molar-refractivity contribution in [3.63, 3.8) is 0 Å². The lowest BCUT2D eigenvalue weighted by molar-refractivity contribution is -0.141. The fourth-order valence-electron chi connectivity index (χ4n) is 2.96. The average molecular weight is 357 g/mol. The first-order chi connectivity index (χ1) is 12.0. The molecule has 4 rings (SSSR count). The fraction of sp³-hybridized carbons (Fsp3) is 0.167. The predicted octanol–water partition coefficient (Wildman–Crippen LogP) is 3.59. The largest absolute Gasteiger partial charge is 0.481 e. The summed E-state index contributed by atoms with van der Waals surface area (Å²) in [6.45, 7) is 0.162. The molecular formula is C18H13ClN2O4. The van der Waals surface area contributed by atoms with E-state index in [9.17, 15) is 9.59 Å². The van der Waals surface area contributed by atoms with Gasteiger partial charge in [-0.05, 0) is 30.3 Å². The quantitative estimate of drug-likeness (QED) is 0.775. The Kier molecular flexibility index (Phi) is 3.69. The third-order valence-corrected chi connectivity index (χ3v) is 4.59. The molecule has 0 bridgehead atoms. The van der Waals surface area contributed by atoms with E-state index in [2.05, 4.69) is 4.98 Å². The number of benzene rings is 2. The van der Waals surface area contributed by atoms with Crippen LogP contribution in [0.25, 0.3) is 22.6 Å². The predicted molar refractivity (Wildman–Crippen MR) is 92.6 cm³/mol. The average Bonchev–Trinajstić information content (AvgIpc) is 3.18. The third kappa shape index (κ3) is 2.74. The lowest BCUT2D eigenvalue weighted by Crippen LogP contribution is -2.25. The number of hydrogen-bond acceptors (Lipinski definition) is 4. The van der Waals surface area contributed by atoms with Crippen molar-refractivity contribution >= 4 is 40.3 Å². The second-order valence-electron chi connectivity index (χ2n) is 5.89. The van der Waals surface area contributed by atoms with Gasteiger partial charge in [0, 0.05) is 18.7 Å². The van der Waals surface area contributed by atoms with Gasteiger partial charge in [0.25, 0.3) is 0 Å². The van der Waals surface area contributed by atoms with Crippen molar-refractivity contribution in [2.75, 3.05) is 11.4 Å². The number of carbonyl (C=O) groups excluding carboxylic acids is 1. The number of halogens is 1. The fourth-order valence-corrected chi connectivity index (χ4v) is 3.17. The molecule has 7 heteroatoms. The van der Waals surface area contributed by atoms with Crippen LogP contribution in [0.4, 0.5) is 5.69 Å². The second-order valence-corrected chi connectivity index (χ2v) is 6.30. The van der Waals surface area contributed by atoms with Crippen LogP contribution in [0, 0.1) is 5.92 Å². The summed E-state index contributed by atoms with van der Waals surface area (Å²) in [4.78, 5) is 29.1. The summed E-state index contributed by atoms with van der Waals surface area (Å²) in [7, 11) is 0. The Labute approximate surface area is 147 Å². The first kappa shape index (κ1) is 15.7. The molecule has 2 aromatic carbocycles. The lowest BCUT2D eigenvalue weighted by atomic mass is 10.1. The van der Waals surface area contributed by atoms with E-state index in [0.717, 1.165) is 0 Å². The maximum atomic E-state index is 12.1. The van der Waals surface area contributed by atoms with Crippen LogP contribution in [0.15, 0.2) is 46.9 Å². The highest BCUT2D eigenvalue weighted by molar-refractivity contribution is 6.33. The number of carbonyl (C=O) groups is 2. The topological polar surface area (TPSA) is 83.6 Å². The van der Waals surface area contributed by atoms with Crippen molar-refractivity contribution in [3.05, 3.63) is 47.5 Å². The van der Waals surface area contributed by atoms with Gasteiger partial charge in [0.1, 0.15) is 5.52 Å². The zero-order valence-corrected chi connectivity index (χ0v) is 13.7. The summed E-state index contributed by atoms with van der Waals surface area (Å²) in [5.41, 5.74) is 2.45. The Bertz CT molecular complexity index is 998. The summed E-state index contributed by atoms with van der Waals surface area (Å²) >= 11 is 6.18. The van der Waals surface area contributed by atoms with Crippen LogP contribution in [-0.4, -0.2) is 28.5 Å². The van der Waals surface area contributed by atoms with E-state index in [4.69, 9.17) is 21.1 Å². The summed E-state index contributed by atoms with van der Waals surface area (Å²) in [5.74, 6) is -1.45. The van der Waals surface area contributed by atoms with E-state index in [0.29, 0.717) is 33.3 Å². The van der Waals surface area contributed by atoms with Gasteiger partial charge in [-0.2, -0.15) is 0 Å². The summed E-state index contributed by atoms with van der Waals surface area (Å²) < 4.78 is 5.75. The van der Waals surface area contributed by atoms with Gasteiger partial charge in [-0.25, -0.2) is 4.98 Å². The molecule has 25 heavy (non-hydrogen) atoms. The molecule has 0 spiro atoms. The van der Waals surface area contributed by atoms with Crippen LogP contribution in [0.2, 0.25) is 5.02 Å². The first-order valence-electron chi connectivity index (χ1n) is 7.71. The number of nitrogens with zero attached hydrogens (tertiary/aromatic N) is 2. The highest BCUT2D eigenvalue weighted by Crippen LogP contribution is 2.32. The molecule has 1 aliphatic rings. The van der Waals surface area contributed by atoms with Crippen molar-refractivity contribution in [1.82, 2.24) is 4.98 Å². The number of hydrogen-bond donors (Lipinski definition) is 1. The van der Waals surface area contributed by atoms with Gasteiger partial charge in [-0.15, -0.1) is 0 Å². The molecular weight excluding hydrogens is 344 g/mol. The molecule has 0 unspecified atom stereocenters. The van der Waals surface area contributed by atoms with Crippen LogP contribution in [0.3, 0.4) is 0 Å². The molecule has 0 aliphatic carbocycles. The number of anilines is 1. The number of rotatable bonds is 3. The van der Waals surface area contributed by atoms with Gasteiger partial charge in [-0.3, -0.25) is 9.59 Å². The van der Waals surface area contributed by atoms with Gasteiger partial charge in [0.05, 0.1) is 16.5 Å².